The number of H-pyrrole nitrogens is 1. The van der Waals surface area contributed by atoms with E-state index in [2.05, 4.69) is 44.8 Å². The van der Waals surface area contributed by atoms with Crippen LogP contribution in [-0.4, -0.2) is 9.97 Å². The smallest absolute Gasteiger partial charge is 0.164 e. The molecule has 2 heterocycles. The predicted molar refractivity (Wildman–Crippen MR) is 82.8 cm³/mol. The molecule has 2 N–H and O–H groups in total. The summed E-state index contributed by atoms with van der Waals surface area (Å²) in [5.41, 5.74) is 2.07. The van der Waals surface area contributed by atoms with Gasteiger partial charge in [-0.1, -0.05) is 12.1 Å². The van der Waals surface area contributed by atoms with Crippen molar-refractivity contribution in [3.05, 3.63) is 51.7 Å². The lowest BCUT2D eigenvalue weighted by Crippen LogP contribution is -2.18. The second-order valence-electron chi connectivity index (χ2n) is 4.45. The Morgan fingerprint density at radius 1 is 1.32 bits per heavy atom. The molecule has 0 aliphatic carbocycles. The fourth-order valence-corrected chi connectivity index (χ4v) is 2.44. The molecule has 2 aromatic heterocycles. The number of hydrogen-bond acceptors (Lipinski definition) is 3. The van der Waals surface area contributed by atoms with Crippen molar-refractivity contribution in [2.75, 3.05) is 0 Å². The summed E-state index contributed by atoms with van der Waals surface area (Å²) in [5.74, 6) is 1.88. The Bertz CT molecular complexity index is 656. The summed E-state index contributed by atoms with van der Waals surface area (Å²) in [6, 6.07) is 12.1. The Labute approximate surface area is 124 Å². The number of furan rings is 1. The zero-order valence-electron chi connectivity index (χ0n) is 10.5. The molecular weight excluding hydrogens is 353 g/mol. The molecule has 1 aromatic carbocycles. The quantitative estimate of drug-likeness (QED) is 0.693. The van der Waals surface area contributed by atoms with Crippen LogP contribution in [0.25, 0.3) is 11.0 Å². The van der Waals surface area contributed by atoms with Crippen LogP contribution in [0.1, 0.15) is 24.6 Å². The first-order valence-electron chi connectivity index (χ1n) is 6.14. The molecule has 0 aliphatic rings. The van der Waals surface area contributed by atoms with Crippen molar-refractivity contribution in [1.82, 2.24) is 15.3 Å². The minimum Gasteiger partial charge on any atom is -0.454 e. The zero-order valence-corrected chi connectivity index (χ0v) is 12.6. The number of fused-ring (bicyclic) bond motifs is 1. The van der Waals surface area contributed by atoms with Crippen molar-refractivity contribution < 1.29 is 4.42 Å². The number of nitrogens with one attached hydrogen (secondary N) is 2. The molecule has 1 unspecified atom stereocenters. The van der Waals surface area contributed by atoms with Gasteiger partial charge in [-0.3, -0.25) is 0 Å². The molecule has 0 fully saturated rings. The first-order chi connectivity index (χ1) is 9.22. The predicted octanol–water partition coefficient (Wildman–Crippen LogP) is 3.61. The van der Waals surface area contributed by atoms with Crippen LogP contribution in [0.4, 0.5) is 0 Å². The number of nitrogens with zero attached hydrogens (tertiary/aromatic N) is 1. The zero-order chi connectivity index (χ0) is 13.2. The average molecular weight is 367 g/mol. The van der Waals surface area contributed by atoms with Gasteiger partial charge in [0.15, 0.2) is 3.77 Å². The van der Waals surface area contributed by atoms with Gasteiger partial charge in [0.1, 0.15) is 11.6 Å². The molecule has 0 amide bonds. The molecule has 0 radical (unpaired) electrons. The highest BCUT2D eigenvalue weighted by Gasteiger charge is 2.10. The molecule has 0 saturated carbocycles. The van der Waals surface area contributed by atoms with Crippen LogP contribution >= 0.6 is 22.6 Å². The molecule has 0 saturated heterocycles. The molecule has 19 heavy (non-hydrogen) atoms. The highest BCUT2D eigenvalue weighted by molar-refractivity contribution is 14.1. The largest absolute Gasteiger partial charge is 0.454 e. The number of rotatable bonds is 4. The van der Waals surface area contributed by atoms with Crippen LogP contribution in [0, 0.1) is 3.77 Å². The number of hydrogen-bond donors (Lipinski definition) is 2. The molecule has 5 heteroatoms. The minimum absolute atomic E-state index is 0.148. The van der Waals surface area contributed by atoms with Gasteiger partial charge >= 0.3 is 0 Å². The van der Waals surface area contributed by atoms with Gasteiger partial charge in [-0.15, -0.1) is 0 Å². The Kier molecular flexibility index (Phi) is 3.56. The van der Waals surface area contributed by atoms with E-state index in [0.29, 0.717) is 6.54 Å². The van der Waals surface area contributed by atoms with Gasteiger partial charge in [-0.2, -0.15) is 0 Å². The summed E-state index contributed by atoms with van der Waals surface area (Å²) < 4.78 is 6.43. The first kappa shape index (κ1) is 12.7. The maximum Gasteiger partial charge on any atom is 0.164 e. The molecule has 4 nitrogen and oxygen atoms in total. The lowest BCUT2D eigenvalue weighted by Gasteiger charge is -2.09. The summed E-state index contributed by atoms with van der Waals surface area (Å²) in [5, 5.41) is 3.40. The highest BCUT2D eigenvalue weighted by Crippen LogP contribution is 2.16. The highest BCUT2D eigenvalue weighted by atomic mass is 127. The third-order valence-electron chi connectivity index (χ3n) is 3.03. The van der Waals surface area contributed by atoms with Crippen molar-refractivity contribution >= 4 is 33.6 Å². The van der Waals surface area contributed by atoms with Crippen LogP contribution in [0.3, 0.4) is 0 Å². The summed E-state index contributed by atoms with van der Waals surface area (Å²) in [4.78, 5) is 7.91. The third kappa shape index (κ3) is 2.82. The SMILES string of the molecule is CC(NCc1ccc(I)o1)c1nc2ccccc2[nH]1. The van der Waals surface area contributed by atoms with E-state index in [4.69, 9.17) is 4.42 Å². The normalized spacial score (nSPS) is 12.9. The van der Waals surface area contributed by atoms with E-state index in [-0.39, 0.29) is 6.04 Å². The van der Waals surface area contributed by atoms with Crippen molar-refractivity contribution in [3.8, 4) is 0 Å². The van der Waals surface area contributed by atoms with Crippen LogP contribution in [-0.2, 0) is 6.54 Å². The lowest BCUT2D eigenvalue weighted by atomic mass is 10.3. The van der Waals surface area contributed by atoms with E-state index in [0.717, 1.165) is 26.4 Å². The van der Waals surface area contributed by atoms with E-state index >= 15 is 0 Å². The van der Waals surface area contributed by atoms with Gasteiger partial charge < -0.3 is 14.7 Å². The summed E-state index contributed by atoms with van der Waals surface area (Å²) in [7, 11) is 0. The molecule has 0 spiro atoms. The van der Waals surface area contributed by atoms with Crippen molar-refractivity contribution in [2.24, 2.45) is 0 Å². The van der Waals surface area contributed by atoms with E-state index in [1.165, 1.54) is 0 Å². The van der Waals surface area contributed by atoms with Crippen molar-refractivity contribution in [3.63, 3.8) is 0 Å². The summed E-state index contributed by atoms with van der Waals surface area (Å²) in [6.45, 7) is 2.78. The number of benzene rings is 1. The molecule has 0 bridgehead atoms. The average Bonchev–Trinajstić information content (AvgIpc) is 3.01. The molecule has 3 aromatic rings. The molecule has 3 rings (SSSR count). The number of aromatic nitrogens is 2. The molecular formula is C14H14IN3O. The maximum absolute atomic E-state index is 5.52. The minimum atomic E-state index is 0.148. The van der Waals surface area contributed by atoms with Crippen molar-refractivity contribution in [2.45, 2.75) is 19.5 Å². The number of para-hydroxylation sites is 2. The van der Waals surface area contributed by atoms with Gasteiger partial charge in [0.2, 0.25) is 0 Å². The second-order valence-corrected chi connectivity index (χ2v) is 5.51. The summed E-state index contributed by atoms with van der Waals surface area (Å²) in [6.07, 6.45) is 0. The van der Waals surface area contributed by atoms with Crippen LogP contribution in [0.2, 0.25) is 0 Å². The van der Waals surface area contributed by atoms with E-state index in [1.54, 1.807) is 0 Å². The van der Waals surface area contributed by atoms with Crippen molar-refractivity contribution in [1.29, 1.82) is 0 Å². The lowest BCUT2D eigenvalue weighted by molar-refractivity contribution is 0.440. The summed E-state index contributed by atoms with van der Waals surface area (Å²) >= 11 is 2.17. The number of aromatic amines is 1. The van der Waals surface area contributed by atoms with Gasteiger partial charge in [0.25, 0.3) is 0 Å². The molecule has 98 valence electrons. The van der Waals surface area contributed by atoms with Gasteiger partial charge in [-0.05, 0) is 53.8 Å². The Morgan fingerprint density at radius 2 is 2.16 bits per heavy atom. The van der Waals surface area contributed by atoms with Crippen LogP contribution < -0.4 is 5.32 Å². The van der Waals surface area contributed by atoms with Gasteiger partial charge in [0, 0.05) is 0 Å². The molecule has 0 aliphatic heterocycles. The van der Waals surface area contributed by atoms with E-state index < -0.39 is 0 Å². The third-order valence-corrected chi connectivity index (χ3v) is 3.61. The van der Waals surface area contributed by atoms with Gasteiger partial charge in [0.05, 0.1) is 23.6 Å². The topological polar surface area (TPSA) is 53.9 Å². The standard InChI is InChI=1S/C14H14IN3O/c1-9(16-8-10-6-7-13(15)19-10)14-17-11-4-2-3-5-12(11)18-14/h2-7,9,16H,8H2,1H3,(H,17,18). The Balaban J connectivity index is 1.71. The van der Waals surface area contributed by atoms with E-state index in [1.807, 2.05) is 36.4 Å². The second kappa shape index (κ2) is 5.34. The van der Waals surface area contributed by atoms with Crippen LogP contribution in [0.15, 0.2) is 40.8 Å². The monoisotopic (exact) mass is 367 g/mol. The fraction of sp³-hybridized carbons (Fsp3) is 0.214. The fourth-order valence-electron chi connectivity index (χ4n) is 1.97. The first-order valence-corrected chi connectivity index (χ1v) is 7.22. The molecule has 1 atom stereocenters. The van der Waals surface area contributed by atoms with Gasteiger partial charge in [-0.25, -0.2) is 4.98 Å². The maximum atomic E-state index is 5.52. The number of halogens is 1. The Hall–Kier alpha value is -1.34. The van der Waals surface area contributed by atoms with Crippen LogP contribution in [0.5, 0.6) is 0 Å². The Morgan fingerprint density at radius 3 is 2.89 bits per heavy atom. The number of imidazole rings is 1. The van der Waals surface area contributed by atoms with E-state index in [9.17, 15) is 0 Å².